The van der Waals surface area contributed by atoms with Crippen molar-refractivity contribution in [2.24, 2.45) is 0 Å². The van der Waals surface area contributed by atoms with E-state index < -0.39 is 0 Å². The van der Waals surface area contributed by atoms with Gasteiger partial charge in [-0.05, 0) is 69.2 Å². The first-order valence-electron chi connectivity index (χ1n) is 9.06. The van der Waals surface area contributed by atoms with Gasteiger partial charge in [-0.2, -0.15) is 0 Å². The van der Waals surface area contributed by atoms with Gasteiger partial charge in [0, 0.05) is 17.8 Å². The van der Waals surface area contributed by atoms with Crippen LogP contribution in [0, 0.1) is 0 Å². The Kier molecular flexibility index (Phi) is 7.06. The maximum atomic E-state index is 12.7. The van der Waals surface area contributed by atoms with Crippen LogP contribution in [0.5, 0.6) is 0 Å². The molecule has 1 aliphatic rings. The predicted molar refractivity (Wildman–Crippen MR) is 97.5 cm³/mol. The Hall–Kier alpha value is -1.39. The largest absolute Gasteiger partial charge is 0.384 e. The summed E-state index contributed by atoms with van der Waals surface area (Å²) in [7, 11) is 0. The van der Waals surface area contributed by atoms with E-state index >= 15 is 0 Å². The third-order valence-corrected chi connectivity index (χ3v) is 4.76. The molecule has 0 fully saturated rings. The first-order valence-corrected chi connectivity index (χ1v) is 9.06. The zero-order chi connectivity index (χ0) is 16.7. The number of benzene rings is 1. The van der Waals surface area contributed by atoms with Crippen LogP contribution in [-0.4, -0.2) is 49.4 Å². The van der Waals surface area contributed by atoms with Gasteiger partial charge in [-0.3, -0.25) is 4.79 Å². The molecule has 0 amide bonds. The van der Waals surface area contributed by atoms with Crippen LogP contribution in [0.3, 0.4) is 0 Å². The smallest absolute Gasteiger partial charge is 0.179 e. The number of carbonyl (C=O) groups is 1. The summed E-state index contributed by atoms with van der Waals surface area (Å²) in [5, 5.41) is 6.79. The molecule has 4 nitrogen and oxygen atoms in total. The lowest BCUT2D eigenvalue weighted by molar-refractivity contribution is 0.0940. The van der Waals surface area contributed by atoms with Crippen molar-refractivity contribution in [2.75, 3.05) is 38.0 Å². The standard InChI is InChI=1S/C19H31N3O/c1-4-17(20-11-7-13-22(5-2)6-3)19(23)16-8-9-18-15(14-16)10-12-21-18/h8-9,14,17,20-21H,4-7,10-13H2,1-3H3. The van der Waals surface area contributed by atoms with Crippen LogP contribution in [0.15, 0.2) is 18.2 Å². The maximum Gasteiger partial charge on any atom is 0.179 e. The molecule has 0 aliphatic carbocycles. The molecule has 0 bridgehead atoms. The number of hydrogen-bond acceptors (Lipinski definition) is 4. The monoisotopic (exact) mass is 317 g/mol. The number of Topliss-reactive ketones (excluding diaryl/α,β-unsaturated/α-hetero) is 1. The van der Waals surface area contributed by atoms with Gasteiger partial charge in [0.15, 0.2) is 5.78 Å². The van der Waals surface area contributed by atoms with Gasteiger partial charge in [0.25, 0.3) is 0 Å². The molecule has 0 radical (unpaired) electrons. The number of nitrogens with one attached hydrogen (secondary N) is 2. The number of fused-ring (bicyclic) bond motifs is 1. The van der Waals surface area contributed by atoms with Crippen LogP contribution in [0.25, 0.3) is 0 Å². The lowest BCUT2D eigenvalue weighted by Crippen LogP contribution is -2.38. The van der Waals surface area contributed by atoms with Crippen LogP contribution in [0.4, 0.5) is 5.69 Å². The van der Waals surface area contributed by atoms with E-state index in [0.717, 1.165) is 57.5 Å². The average Bonchev–Trinajstić information content (AvgIpc) is 3.05. The van der Waals surface area contributed by atoms with Crippen molar-refractivity contribution in [2.45, 2.75) is 46.1 Å². The summed E-state index contributed by atoms with van der Waals surface area (Å²) in [5.41, 5.74) is 3.30. The van der Waals surface area contributed by atoms with Crippen molar-refractivity contribution in [3.8, 4) is 0 Å². The summed E-state index contributed by atoms with van der Waals surface area (Å²) in [4.78, 5) is 15.1. The minimum absolute atomic E-state index is 0.0703. The van der Waals surface area contributed by atoms with Gasteiger partial charge in [-0.25, -0.2) is 0 Å². The molecule has 4 heteroatoms. The molecular formula is C19H31N3O. The fourth-order valence-corrected chi connectivity index (χ4v) is 3.20. The van der Waals surface area contributed by atoms with Gasteiger partial charge in [-0.1, -0.05) is 20.8 Å². The Bertz CT molecular complexity index is 511. The molecule has 23 heavy (non-hydrogen) atoms. The summed E-state index contributed by atoms with van der Waals surface area (Å²) in [6, 6.07) is 6.00. The molecule has 128 valence electrons. The van der Waals surface area contributed by atoms with Crippen LogP contribution in [0.1, 0.15) is 49.5 Å². The highest BCUT2D eigenvalue weighted by molar-refractivity contribution is 6.00. The molecule has 1 atom stereocenters. The van der Waals surface area contributed by atoms with Gasteiger partial charge < -0.3 is 15.5 Å². The van der Waals surface area contributed by atoms with E-state index in [4.69, 9.17) is 0 Å². The van der Waals surface area contributed by atoms with Crippen LogP contribution in [0.2, 0.25) is 0 Å². The number of hydrogen-bond donors (Lipinski definition) is 2. The van der Waals surface area contributed by atoms with Crippen molar-refractivity contribution >= 4 is 11.5 Å². The molecule has 1 unspecified atom stereocenters. The van der Waals surface area contributed by atoms with E-state index in [2.05, 4.69) is 42.4 Å². The number of anilines is 1. The summed E-state index contributed by atoms with van der Waals surface area (Å²) in [6.07, 6.45) is 2.93. The lowest BCUT2D eigenvalue weighted by atomic mass is 9.99. The zero-order valence-electron chi connectivity index (χ0n) is 14.8. The molecule has 0 aromatic heterocycles. The first kappa shape index (κ1) is 18.0. The van der Waals surface area contributed by atoms with Crippen molar-refractivity contribution in [3.63, 3.8) is 0 Å². The topological polar surface area (TPSA) is 44.4 Å². The Morgan fingerprint density at radius 2 is 2.09 bits per heavy atom. The highest BCUT2D eigenvalue weighted by Gasteiger charge is 2.19. The van der Waals surface area contributed by atoms with Gasteiger partial charge >= 0.3 is 0 Å². The summed E-state index contributed by atoms with van der Waals surface area (Å²) < 4.78 is 0. The molecule has 0 spiro atoms. The molecule has 1 heterocycles. The fourth-order valence-electron chi connectivity index (χ4n) is 3.20. The molecule has 1 aromatic carbocycles. The molecule has 2 rings (SSSR count). The quantitative estimate of drug-likeness (QED) is 0.514. The summed E-state index contributed by atoms with van der Waals surface area (Å²) in [6.45, 7) is 11.6. The van der Waals surface area contributed by atoms with Gasteiger partial charge in [-0.15, -0.1) is 0 Å². The van der Waals surface area contributed by atoms with Crippen LogP contribution < -0.4 is 10.6 Å². The van der Waals surface area contributed by atoms with E-state index in [1.165, 1.54) is 11.3 Å². The van der Waals surface area contributed by atoms with E-state index in [-0.39, 0.29) is 11.8 Å². The molecule has 2 N–H and O–H groups in total. The van der Waals surface area contributed by atoms with E-state index in [0.29, 0.717) is 0 Å². The lowest BCUT2D eigenvalue weighted by Gasteiger charge is -2.20. The van der Waals surface area contributed by atoms with Crippen LogP contribution >= 0.6 is 0 Å². The number of rotatable bonds is 10. The van der Waals surface area contributed by atoms with E-state index in [1.54, 1.807) is 0 Å². The van der Waals surface area contributed by atoms with Crippen molar-refractivity contribution < 1.29 is 4.79 Å². The summed E-state index contributed by atoms with van der Waals surface area (Å²) in [5.74, 6) is 0.227. The van der Waals surface area contributed by atoms with Crippen molar-refractivity contribution in [1.82, 2.24) is 10.2 Å². The molecular weight excluding hydrogens is 286 g/mol. The normalized spacial score (nSPS) is 14.6. The highest BCUT2D eigenvalue weighted by Crippen LogP contribution is 2.23. The number of nitrogens with zero attached hydrogens (tertiary/aromatic N) is 1. The average molecular weight is 317 g/mol. The van der Waals surface area contributed by atoms with Gasteiger partial charge in [0.05, 0.1) is 6.04 Å². The third-order valence-electron chi connectivity index (χ3n) is 4.76. The zero-order valence-corrected chi connectivity index (χ0v) is 14.8. The van der Waals surface area contributed by atoms with Crippen molar-refractivity contribution in [3.05, 3.63) is 29.3 Å². The first-order chi connectivity index (χ1) is 11.2. The minimum atomic E-state index is -0.0703. The Morgan fingerprint density at radius 1 is 1.30 bits per heavy atom. The van der Waals surface area contributed by atoms with Gasteiger partial charge in [0.1, 0.15) is 0 Å². The minimum Gasteiger partial charge on any atom is -0.384 e. The molecule has 1 aliphatic heterocycles. The second-order valence-electron chi connectivity index (χ2n) is 6.21. The van der Waals surface area contributed by atoms with Crippen LogP contribution in [-0.2, 0) is 6.42 Å². The third kappa shape index (κ3) is 4.79. The summed E-state index contributed by atoms with van der Waals surface area (Å²) >= 11 is 0. The predicted octanol–water partition coefficient (Wildman–Crippen LogP) is 2.94. The SMILES string of the molecule is CCC(NCCCN(CC)CC)C(=O)c1ccc2c(c1)CCN2. The fraction of sp³-hybridized carbons (Fsp3) is 0.632. The van der Waals surface area contributed by atoms with Crippen molar-refractivity contribution in [1.29, 1.82) is 0 Å². The second kappa shape index (κ2) is 9.04. The maximum absolute atomic E-state index is 12.7. The molecule has 1 aromatic rings. The second-order valence-corrected chi connectivity index (χ2v) is 6.21. The van der Waals surface area contributed by atoms with Gasteiger partial charge in [0.2, 0.25) is 0 Å². The molecule has 0 saturated carbocycles. The van der Waals surface area contributed by atoms with E-state index in [9.17, 15) is 4.79 Å². The Morgan fingerprint density at radius 3 is 2.78 bits per heavy atom. The number of ketones is 1. The van der Waals surface area contributed by atoms with E-state index in [1.807, 2.05) is 12.1 Å². The molecule has 0 saturated heterocycles. The Balaban J connectivity index is 1.86. The Labute approximate surface area is 140 Å². The highest BCUT2D eigenvalue weighted by atomic mass is 16.1. The number of carbonyl (C=O) groups excluding carboxylic acids is 1.